The van der Waals surface area contributed by atoms with E-state index in [1.807, 2.05) is 0 Å². The smallest absolute Gasteiger partial charge is 0.237 e. The lowest BCUT2D eigenvalue weighted by Gasteiger charge is -2.04. The summed E-state index contributed by atoms with van der Waals surface area (Å²) in [4.78, 5) is 11.0. The van der Waals surface area contributed by atoms with Crippen LogP contribution in [0, 0.1) is 17.2 Å². The van der Waals surface area contributed by atoms with Gasteiger partial charge in [-0.2, -0.15) is 5.26 Å². The first kappa shape index (κ1) is 12.9. The molecule has 5 nitrogen and oxygen atoms in total. The van der Waals surface area contributed by atoms with Crippen LogP contribution in [0.3, 0.4) is 0 Å². The van der Waals surface area contributed by atoms with E-state index in [2.05, 4.69) is 5.32 Å². The Labute approximate surface area is 84.0 Å². The highest BCUT2D eigenvalue weighted by Gasteiger charge is 2.10. The largest absolute Gasteiger partial charge is 0.355 e. The molecule has 1 amide bonds. The van der Waals surface area contributed by atoms with Crippen LogP contribution in [0.25, 0.3) is 0 Å². The molecule has 6 heteroatoms. The number of hydrogen-bond acceptors (Lipinski definition) is 4. The first-order valence-electron chi connectivity index (χ1n) is 4.22. The first-order valence-corrected chi connectivity index (χ1v) is 6.28. The van der Waals surface area contributed by atoms with Gasteiger partial charge >= 0.3 is 0 Å². The molecule has 0 heterocycles. The molecule has 0 radical (unpaired) electrons. The molecule has 0 rings (SSSR count). The third kappa shape index (κ3) is 6.43. The maximum Gasteiger partial charge on any atom is 0.237 e. The normalized spacial score (nSPS) is 12.9. The van der Waals surface area contributed by atoms with Crippen LogP contribution in [0.15, 0.2) is 0 Å². The van der Waals surface area contributed by atoms with E-state index in [0.29, 0.717) is 6.42 Å². The van der Waals surface area contributed by atoms with E-state index in [9.17, 15) is 13.2 Å². The topological polar surface area (TPSA) is 87.0 Å². The predicted molar refractivity (Wildman–Crippen MR) is 52.1 cm³/mol. The van der Waals surface area contributed by atoms with E-state index in [-0.39, 0.29) is 18.2 Å². The summed E-state index contributed by atoms with van der Waals surface area (Å²) in [6, 6.07) is 1.79. The molecule has 0 aliphatic heterocycles. The molecule has 1 unspecified atom stereocenters. The van der Waals surface area contributed by atoms with Gasteiger partial charge in [-0.15, -0.1) is 0 Å². The lowest BCUT2D eigenvalue weighted by molar-refractivity contribution is -0.122. The number of nitrogens with one attached hydrogen (secondary N) is 1. The molecule has 0 saturated carbocycles. The highest BCUT2D eigenvalue weighted by atomic mass is 32.2. The maximum atomic E-state index is 11.0. The van der Waals surface area contributed by atoms with E-state index >= 15 is 0 Å². The fourth-order valence-corrected chi connectivity index (χ4v) is 1.43. The maximum absolute atomic E-state index is 11.0. The molecule has 0 aromatic rings. The van der Waals surface area contributed by atoms with Crippen LogP contribution in [0.4, 0.5) is 0 Å². The summed E-state index contributed by atoms with van der Waals surface area (Å²) in [6.07, 6.45) is 1.52. The fraction of sp³-hybridized carbons (Fsp3) is 0.750. The van der Waals surface area contributed by atoms with Crippen molar-refractivity contribution in [2.45, 2.75) is 13.3 Å². The third-order valence-corrected chi connectivity index (χ3v) is 2.61. The number of carbonyl (C=O) groups is 1. The summed E-state index contributed by atoms with van der Waals surface area (Å²) >= 11 is 0. The van der Waals surface area contributed by atoms with E-state index in [0.717, 1.165) is 6.26 Å². The standard InChI is InChI=1S/C8H14N2O3S/c1-7(6-9)8(11)10-4-3-5-14(2,12)13/h7H,3-5H2,1-2H3,(H,10,11). The second-order valence-corrected chi connectivity index (χ2v) is 5.38. The Morgan fingerprint density at radius 3 is 2.57 bits per heavy atom. The molecule has 0 fully saturated rings. The van der Waals surface area contributed by atoms with E-state index in [1.54, 1.807) is 6.07 Å². The molecule has 0 aromatic carbocycles. The Kier molecular flexibility index (Phi) is 5.16. The average Bonchev–Trinajstić information content (AvgIpc) is 2.09. The Balaban J connectivity index is 3.67. The van der Waals surface area contributed by atoms with Crippen LogP contribution in [0.2, 0.25) is 0 Å². The van der Waals surface area contributed by atoms with Crippen molar-refractivity contribution in [1.82, 2.24) is 5.32 Å². The van der Waals surface area contributed by atoms with Gasteiger partial charge in [-0.3, -0.25) is 4.79 Å². The van der Waals surface area contributed by atoms with Gasteiger partial charge in [0.05, 0.1) is 11.8 Å². The quantitative estimate of drug-likeness (QED) is 0.642. The molecule has 0 bridgehead atoms. The van der Waals surface area contributed by atoms with Crippen molar-refractivity contribution in [2.24, 2.45) is 5.92 Å². The number of hydrogen-bond donors (Lipinski definition) is 1. The summed E-state index contributed by atoms with van der Waals surface area (Å²) in [7, 11) is -2.96. The minimum absolute atomic E-state index is 0.0498. The van der Waals surface area contributed by atoms with Crippen LogP contribution in [0.1, 0.15) is 13.3 Å². The Morgan fingerprint density at radius 2 is 2.14 bits per heavy atom. The van der Waals surface area contributed by atoms with Gasteiger partial charge < -0.3 is 5.32 Å². The number of sulfone groups is 1. The van der Waals surface area contributed by atoms with Crippen molar-refractivity contribution in [3.05, 3.63) is 0 Å². The lowest BCUT2D eigenvalue weighted by atomic mass is 10.2. The zero-order valence-corrected chi connectivity index (χ0v) is 9.10. The molecule has 0 aliphatic carbocycles. The van der Waals surface area contributed by atoms with Gasteiger partial charge in [0.15, 0.2) is 0 Å². The third-order valence-electron chi connectivity index (χ3n) is 1.58. The van der Waals surface area contributed by atoms with Gasteiger partial charge in [-0.05, 0) is 13.3 Å². The van der Waals surface area contributed by atoms with Gasteiger partial charge in [-0.25, -0.2) is 8.42 Å². The van der Waals surface area contributed by atoms with Crippen LogP contribution < -0.4 is 5.32 Å². The second kappa shape index (κ2) is 5.60. The SMILES string of the molecule is CC(C#N)C(=O)NCCCS(C)(=O)=O. The highest BCUT2D eigenvalue weighted by Crippen LogP contribution is 1.92. The second-order valence-electron chi connectivity index (χ2n) is 3.13. The van der Waals surface area contributed by atoms with Crippen molar-refractivity contribution < 1.29 is 13.2 Å². The molecule has 0 aromatic heterocycles. The minimum atomic E-state index is -2.96. The molecular weight excluding hydrogens is 204 g/mol. The molecule has 80 valence electrons. The van der Waals surface area contributed by atoms with Crippen molar-refractivity contribution in [3.63, 3.8) is 0 Å². The van der Waals surface area contributed by atoms with E-state index in [1.165, 1.54) is 6.92 Å². The zero-order chi connectivity index (χ0) is 11.2. The van der Waals surface area contributed by atoms with E-state index < -0.39 is 15.8 Å². The summed E-state index contributed by atoms with van der Waals surface area (Å²) in [5.41, 5.74) is 0. The Hall–Kier alpha value is -1.09. The first-order chi connectivity index (χ1) is 6.37. The molecule has 0 spiro atoms. The van der Waals surface area contributed by atoms with Crippen LogP contribution in [0.5, 0.6) is 0 Å². The number of nitriles is 1. The molecular formula is C8H14N2O3S. The summed E-state index contributed by atoms with van der Waals surface area (Å²) in [6.45, 7) is 1.78. The Bertz CT molecular complexity index is 329. The molecule has 0 aliphatic rings. The Morgan fingerprint density at radius 1 is 1.57 bits per heavy atom. The van der Waals surface area contributed by atoms with Gasteiger partial charge in [0.25, 0.3) is 0 Å². The van der Waals surface area contributed by atoms with E-state index in [4.69, 9.17) is 5.26 Å². The molecule has 0 saturated heterocycles. The number of amides is 1. The molecule has 1 N–H and O–H groups in total. The van der Waals surface area contributed by atoms with Gasteiger partial charge in [0.2, 0.25) is 5.91 Å². The van der Waals surface area contributed by atoms with Gasteiger partial charge in [-0.1, -0.05) is 0 Å². The van der Waals surface area contributed by atoms with Crippen molar-refractivity contribution in [3.8, 4) is 6.07 Å². The summed E-state index contributed by atoms with van der Waals surface area (Å²) in [5.74, 6) is -0.997. The number of rotatable bonds is 5. The molecule has 1 atom stereocenters. The predicted octanol–water partition coefficient (Wildman–Crippen LogP) is -0.303. The number of carbonyl (C=O) groups excluding carboxylic acids is 1. The average molecular weight is 218 g/mol. The van der Waals surface area contributed by atoms with Crippen molar-refractivity contribution in [1.29, 1.82) is 5.26 Å². The van der Waals surface area contributed by atoms with Crippen molar-refractivity contribution >= 4 is 15.7 Å². The van der Waals surface area contributed by atoms with Crippen LogP contribution in [-0.4, -0.2) is 32.9 Å². The lowest BCUT2D eigenvalue weighted by Crippen LogP contribution is -2.30. The van der Waals surface area contributed by atoms with Crippen molar-refractivity contribution in [2.75, 3.05) is 18.6 Å². The monoisotopic (exact) mass is 218 g/mol. The summed E-state index contributed by atoms with van der Waals surface area (Å²) < 4.78 is 21.4. The zero-order valence-electron chi connectivity index (χ0n) is 8.28. The van der Waals surface area contributed by atoms with Gasteiger partial charge in [0.1, 0.15) is 15.8 Å². The number of nitrogens with zero attached hydrogens (tertiary/aromatic N) is 1. The highest BCUT2D eigenvalue weighted by molar-refractivity contribution is 7.90. The molecule has 14 heavy (non-hydrogen) atoms. The fourth-order valence-electron chi connectivity index (χ4n) is 0.758. The van der Waals surface area contributed by atoms with Crippen LogP contribution in [-0.2, 0) is 14.6 Å². The van der Waals surface area contributed by atoms with Crippen LogP contribution >= 0.6 is 0 Å². The summed E-state index contributed by atoms with van der Waals surface area (Å²) in [5, 5.41) is 10.9. The van der Waals surface area contributed by atoms with Gasteiger partial charge in [0, 0.05) is 12.8 Å². The minimum Gasteiger partial charge on any atom is -0.355 e.